The second-order valence-electron chi connectivity index (χ2n) is 3.96. The smallest absolute Gasteiger partial charge is 0.261 e. The Labute approximate surface area is 124 Å². The predicted molar refractivity (Wildman–Crippen MR) is 79.5 cm³/mol. The van der Waals surface area contributed by atoms with Crippen molar-refractivity contribution < 1.29 is 9.21 Å². The number of nitrogens with one attached hydrogen (secondary N) is 1. The van der Waals surface area contributed by atoms with Crippen LogP contribution in [0.4, 0.5) is 0 Å². The fourth-order valence-electron chi connectivity index (χ4n) is 1.65. The molecule has 1 aromatic carbocycles. The zero-order valence-corrected chi connectivity index (χ0v) is 12.3. The first-order valence-electron chi connectivity index (χ1n) is 5.83. The lowest BCUT2D eigenvalue weighted by molar-refractivity contribution is -0.116. The molecule has 5 heteroatoms. The van der Waals surface area contributed by atoms with Crippen LogP contribution in [0.25, 0.3) is 17.4 Å². The average Bonchev–Trinajstić information content (AvgIpc) is 2.92. The molecule has 4 nitrogen and oxygen atoms in total. The minimum absolute atomic E-state index is 0.00245. The van der Waals surface area contributed by atoms with Gasteiger partial charge in [-0.15, -0.1) is 0 Å². The molecule has 0 unspecified atom stereocenters. The largest absolute Gasteiger partial charge is 0.457 e. The van der Waals surface area contributed by atoms with Crippen molar-refractivity contribution in [3.63, 3.8) is 0 Å². The fourth-order valence-corrected chi connectivity index (χ4v) is 2.05. The SMILES string of the molecule is CNC(=O)/C(C#N)=C/c1ccc(-c2cccc(Br)c2)o1. The molecule has 20 heavy (non-hydrogen) atoms. The molecule has 0 atom stereocenters. The third-order valence-electron chi connectivity index (χ3n) is 2.61. The van der Waals surface area contributed by atoms with Gasteiger partial charge in [0.25, 0.3) is 5.91 Å². The van der Waals surface area contributed by atoms with Crippen molar-refractivity contribution >= 4 is 27.9 Å². The summed E-state index contributed by atoms with van der Waals surface area (Å²) in [7, 11) is 1.47. The minimum Gasteiger partial charge on any atom is -0.457 e. The number of nitriles is 1. The maximum Gasteiger partial charge on any atom is 0.261 e. The third-order valence-corrected chi connectivity index (χ3v) is 3.11. The quantitative estimate of drug-likeness (QED) is 0.693. The number of carbonyl (C=O) groups excluding carboxylic acids is 1. The number of halogens is 1. The van der Waals surface area contributed by atoms with Gasteiger partial charge in [-0.25, -0.2) is 0 Å². The van der Waals surface area contributed by atoms with Gasteiger partial charge in [0.05, 0.1) is 0 Å². The molecule has 0 spiro atoms. The molecule has 0 aliphatic heterocycles. The van der Waals surface area contributed by atoms with Crippen LogP contribution in [0, 0.1) is 11.3 Å². The van der Waals surface area contributed by atoms with E-state index < -0.39 is 5.91 Å². The van der Waals surface area contributed by atoms with Crippen LogP contribution >= 0.6 is 15.9 Å². The summed E-state index contributed by atoms with van der Waals surface area (Å²) in [6.45, 7) is 0. The van der Waals surface area contributed by atoms with Crippen molar-refractivity contribution in [1.29, 1.82) is 5.26 Å². The van der Waals surface area contributed by atoms with Gasteiger partial charge in [-0.05, 0) is 24.3 Å². The first-order chi connectivity index (χ1) is 9.63. The summed E-state index contributed by atoms with van der Waals surface area (Å²) < 4.78 is 6.57. The van der Waals surface area contributed by atoms with E-state index in [-0.39, 0.29) is 5.57 Å². The summed E-state index contributed by atoms with van der Waals surface area (Å²) in [6, 6.07) is 13.0. The van der Waals surface area contributed by atoms with E-state index in [1.165, 1.54) is 13.1 Å². The van der Waals surface area contributed by atoms with Gasteiger partial charge in [-0.1, -0.05) is 28.1 Å². The molecule has 1 N–H and O–H groups in total. The third kappa shape index (κ3) is 3.16. The van der Waals surface area contributed by atoms with Gasteiger partial charge in [0.2, 0.25) is 0 Å². The Morgan fingerprint density at radius 3 is 2.85 bits per heavy atom. The maximum atomic E-state index is 11.4. The number of furan rings is 1. The molecular formula is C15H11BrN2O2. The van der Waals surface area contributed by atoms with Crippen LogP contribution < -0.4 is 5.32 Å². The van der Waals surface area contributed by atoms with Gasteiger partial charge >= 0.3 is 0 Å². The predicted octanol–water partition coefficient (Wildman–Crippen LogP) is 3.36. The highest BCUT2D eigenvalue weighted by Crippen LogP contribution is 2.25. The van der Waals surface area contributed by atoms with Crippen molar-refractivity contribution in [2.24, 2.45) is 0 Å². The van der Waals surface area contributed by atoms with Crippen LogP contribution in [0.1, 0.15) is 5.76 Å². The Morgan fingerprint density at radius 1 is 1.40 bits per heavy atom. The number of likely N-dealkylation sites (N-methyl/N-ethyl adjacent to an activating group) is 1. The molecule has 0 aliphatic carbocycles. The van der Waals surface area contributed by atoms with E-state index in [1.54, 1.807) is 12.1 Å². The Bertz CT molecular complexity index is 711. The second kappa shape index (κ2) is 6.22. The standard InChI is InChI=1S/C15H11BrN2O2/c1-18-15(19)11(9-17)8-13-5-6-14(20-13)10-3-2-4-12(16)7-10/h2-8H,1H3,(H,18,19)/b11-8+. The van der Waals surface area contributed by atoms with E-state index in [0.717, 1.165) is 10.0 Å². The van der Waals surface area contributed by atoms with Crippen LogP contribution in [-0.2, 0) is 4.79 Å². The van der Waals surface area contributed by atoms with E-state index in [1.807, 2.05) is 30.3 Å². The molecule has 100 valence electrons. The highest BCUT2D eigenvalue weighted by molar-refractivity contribution is 9.10. The molecule has 0 saturated carbocycles. The zero-order valence-electron chi connectivity index (χ0n) is 10.7. The van der Waals surface area contributed by atoms with Crippen molar-refractivity contribution in [3.05, 3.63) is 52.2 Å². The zero-order chi connectivity index (χ0) is 14.5. The van der Waals surface area contributed by atoms with Crippen molar-refractivity contribution in [2.45, 2.75) is 0 Å². The number of carbonyl (C=O) groups is 1. The Hall–Kier alpha value is -2.32. The van der Waals surface area contributed by atoms with Crippen LogP contribution in [0.15, 0.2) is 50.9 Å². The number of rotatable bonds is 3. The molecule has 0 fully saturated rings. The molecule has 1 amide bonds. The maximum absolute atomic E-state index is 11.4. The number of hydrogen-bond donors (Lipinski definition) is 1. The van der Waals surface area contributed by atoms with Gasteiger partial charge in [0.15, 0.2) is 0 Å². The van der Waals surface area contributed by atoms with E-state index >= 15 is 0 Å². The summed E-state index contributed by atoms with van der Waals surface area (Å²) >= 11 is 3.40. The Morgan fingerprint density at radius 2 is 2.20 bits per heavy atom. The van der Waals surface area contributed by atoms with Crippen LogP contribution in [-0.4, -0.2) is 13.0 Å². The molecule has 2 rings (SSSR count). The molecular weight excluding hydrogens is 320 g/mol. The first-order valence-corrected chi connectivity index (χ1v) is 6.63. The number of benzene rings is 1. The van der Waals surface area contributed by atoms with Crippen LogP contribution in [0.3, 0.4) is 0 Å². The van der Waals surface area contributed by atoms with E-state index in [0.29, 0.717) is 11.5 Å². The lowest BCUT2D eigenvalue weighted by atomic mass is 10.2. The van der Waals surface area contributed by atoms with Gasteiger partial charge < -0.3 is 9.73 Å². The lowest BCUT2D eigenvalue weighted by Crippen LogP contribution is -2.18. The molecule has 0 bridgehead atoms. The molecule has 1 aromatic heterocycles. The number of amides is 1. The number of hydrogen-bond acceptors (Lipinski definition) is 3. The summed E-state index contributed by atoms with van der Waals surface area (Å²) in [4.78, 5) is 11.4. The van der Waals surface area contributed by atoms with Gasteiger partial charge in [0, 0.05) is 23.2 Å². The second-order valence-corrected chi connectivity index (χ2v) is 4.88. The van der Waals surface area contributed by atoms with E-state index in [2.05, 4.69) is 21.2 Å². The number of nitrogens with zero attached hydrogens (tertiary/aromatic N) is 1. The van der Waals surface area contributed by atoms with Crippen molar-refractivity contribution in [3.8, 4) is 17.4 Å². The molecule has 1 heterocycles. The van der Waals surface area contributed by atoms with E-state index in [4.69, 9.17) is 9.68 Å². The van der Waals surface area contributed by atoms with Crippen molar-refractivity contribution in [2.75, 3.05) is 7.05 Å². The topological polar surface area (TPSA) is 66.0 Å². The first kappa shape index (κ1) is 14.1. The van der Waals surface area contributed by atoms with Crippen LogP contribution in [0.2, 0.25) is 0 Å². The highest BCUT2D eigenvalue weighted by atomic mass is 79.9. The summed E-state index contributed by atoms with van der Waals surface area (Å²) in [6.07, 6.45) is 1.42. The minimum atomic E-state index is -0.437. The summed E-state index contributed by atoms with van der Waals surface area (Å²) in [5.41, 5.74) is 0.917. The molecule has 0 radical (unpaired) electrons. The van der Waals surface area contributed by atoms with E-state index in [9.17, 15) is 4.79 Å². The van der Waals surface area contributed by atoms with Gasteiger partial charge in [0.1, 0.15) is 23.2 Å². The van der Waals surface area contributed by atoms with Crippen LogP contribution in [0.5, 0.6) is 0 Å². The van der Waals surface area contributed by atoms with Crippen molar-refractivity contribution in [1.82, 2.24) is 5.32 Å². The molecule has 2 aromatic rings. The Kier molecular flexibility index (Phi) is 4.38. The summed E-state index contributed by atoms with van der Waals surface area (Å²) in [5.74, 6) is 0.694. The highest BCUT2D eigenvalue weighted by Gasteiger charge is 2.09. The summed E-state index contributed by atoms with van der Waals surface area (Å²) in [5, 5.41) is 11.3. The van der Waals surface area contributed by atoms with Gasteiger partial charge in [-0.3, -0.25) is 4.79 Å². The molecule has 0 aliphatic rings. The lowest BCUT2D eigenvalue weighted by Gasteiger charge is -1.98. The fraction of sp³-hybridized carbons (Fsp3) is 0.0667. The Balaban J connectivity index is 2.32. The normalized spacial score (nSPS) is 10.9. The monoisotopic (exact) mass is 330 g/mol. The van der Waals surface area contributed by atoms with Gasteiger partial charge in [-0.2, -0.15) is 5.26 Å². The molecule has 0 saturated heterocycles. The average molecular weight is 331 g/mol.